The highest BCUT2D eigenvalue weighted by atomic mass is 35.5. The molecule has 1 atom stereocenters. The third-order valence-corrected chi connectivity index (χ3v) is 3.39. The Bertz CT molecular complexity index is 335. The minimum atomic E-state index is 0.417. The summed E-state index contributed by atoms with van der Waals surface area (Å²) in [5.41, 5.74) is 2.96. The van der Waals surface area contributed by atoms with Crippen molar-refractivity contribution in [1.29, 1.82) is 0 Å². The first-order chi connectivity index (χ1) is 7.29. The summed E-state index contributed by atoms with van der Waals surface area (Å²) >= 11 is 5.73. The number of fused-ring (bicyclic) bond motifs is 1. The molecule has 0 bridgehead atoms. The van der Waals surface area contributed by atoms with Gasteiger partial charge < -0.3 is 4.74 Å². The van der Waals surface area contributed by atoms with Crippen molar-refractivity contribution in [2.24, 2.45) is 5.92 Å². The number of alkyl halides is 1. The molecule has 1 unspecified atom stereocenters. The highest BCUT2D eigenvalue weighted by molar-refractivity contribution is 6.18. The molecular weight excluding hydrogens is 208 g/mol. The van der Waals surface area contributed by atoms with Gasteiger partial charge in [-0.15, -0.1) is 11.6 Å². The van der Waals surface area contributed by atoms with Crippen LogP contribution in [0.3, 0.4) is 0 Å². The molecule has 2 heteroatoms. The molecule has 0 radical (unpaired) electrons. The van der Waals surface area contributed by atoms with Gasteiger partial charge >= 0.3 is 0 Å². The lowest BCUT2D eigenvalue weighted by atomic mass is 10.1. The van der Waals surface area contributed by atoms with Crippen LogP contribution in [0.15, 0.2) is 18.2 Å². The molecule has 2 rings (SSSR count). The highest BCUT2D eigenvalue weighted by Gasteiger charge is 2.11. The van der Waals surface area contributed by atoms with Crippen LogP contribution in [0.2, 0.25) is 0 Å². The smallest absolute Gasteiger partial charge is 0.119 e. The van der Waals surface area contributed by atoms with Gasteiger partial charge in [0.2, 0.25) is 0 Å². The zero-order valence-corrected chi connectivity index (χ0v) is 9.89. The molecule has 0 N–H and O–H groups in total. The number of aryl methyl sites for hydroxylation is 2. The van der Waals surface area contributed by atoms with Crippen LogP contribution in [-0.2, 0) is 12.8 Å². The molecule has 1 aliphatic carbocycles. The summed E-state index contributed by atoms with van der Waals surface area (Å²) in [5, 5.41) is 0. The molecule has 1 aromatic rings. The summed E-state index contributed by atoms with van der Waals surface area (Å²) in [6.07, 6.45) is 3.72. The molecule has 15 heavy (non-hydrogen) atoms. The van der Waals surface area contributed by atoms with Gasteiger partial charge in [-0.25, -0.2) is 0 Å². The van der Waals surface area contributed by atoms with E-state index in [-0.39, 0.29) is 0 Å². The first-order valence-electron chi connectivity index (χ1n) is 5.60. The van der Waals surface area contributed by atoms with Gasteiger partial charge in [0.1, 0.15) is 5.75 Å². The Morgan fingerprint density at radius 3 is 2.93 bits per heavy atom. The van der Waals surface area contributed by atoms with Gasteiger partial charge in [0.25, 0.3) is 0 Å². The SMILES string of the molecule is CC(CCl)COc1ccc2c(c1)CCC2. The van der Waals surface area contributed by atoms with Gasteiger partial charge in [-0.1, -0.05) is 13.0 Å². The lowest BCUT2D eigenvalue weighted by Gasteiger charge is -2.11. The van der Waals surface area contributed by atoms with Gasteiger partial charge in [-0.05, 0) is 42.5 Å². The molecular formula is C13H17ClO. The maximum Gasteiger partial charge on any atom is 0.119 e. The molecule has 0 aliphatic heterocycles. The third-order valence-electron chi connectivity index (χ3n) is 2.87. The van der Waals surface area contributed by atoms with Crippen LogP contribution in [0, 0.1) is 5.92 Å². The average molecular weight is 225 g/mol. The van der Waals surface area contributed by atoms with E-state index in [0.29, 0.717) is 18.4 Å². The number of hydrogen-bond donors (Lipinski definition) is 0. The van der Waals surface area contributed by atoms with E-state index in [0.717, 1.165) is 5.75 Å². The molecule has 0 aromatic heterocycles. The number of halogens is 1. The van der Waals surface area contributed by atoms with Crippen molar-refractivity contribution in [3.63, 3.8) is 0 Å². The first-order valence-corrected chi connectivity index (χ1v) is 6.13. The number of ether oxygens (including phenoxy) is 1. The Morgan fingerprint density at radius 1 is 1.33 bits per heavy atom. The summed E-state index contributed by atoms with van der Waals surface area (Å²) in [6, 6.07) is 6.46. The van der Waals surface area contributed by atoms with Crippen LogP contribution < -0.4 is 4.74 Å². The number of rotatable bonds is 4. The molecule has 1 aromatic carbocycles. The van der Waals surface area contributed by atoms with E-state index in [4.69, 9.17) is 16.3 Å². The molecule has 0 saturated carbocycles. The van der Waals surface area contributed by atoms with Crippen molar-refractivity contribution in [3.8, 4) is 5.75 Å². The fourth-order valence-electron chi connectivity index (χ4n) is 1.92. The molecule has 82 valence electrons. The normalized spacial score (nSPS) is 16.1. The van der Waals surface area contributed by atoms with Crippen molar-refractivity contribution in [1.82, 2.24) is 0 Å². The van der Waals surface area contributed by atoms with Crippen LogP contribution in [0.25, 0.3) is 0 Å². The minimum absolute atomic E-state index is 0.417. The second-order valence-corrected chi connectivity index (χ2v) is 4.66. The van der Waals surface area contributed by atoms with E-state index in [2.05, 4.69) is 25.1 Å². The van der Waals surface area contributed by atoms with E-state index in [1.165, 1.54) is 30.4 Å². The summed E-state index contributed by atoms with van der Waals surface area (Å²) in [6.45, 7) is 2.81. The molecule has 1 nitrogen and oxygen atoms in total. The fraction of sp³-hybridized carbons (Fsp3) is 0.538. The van der Waals surface area contributed by atoms with Crippen LogP contribution in [0.1, 0.15) is 24.5 Å². The summed E-state index contributed by atoms with van der Waals surface area (Å²) < 4.78 is 5.70. The van der Waals surface area contributed by atoms with E-state index in [9.17, 15) is 0 Å². The Kier molecular flexibility index (Phi) is 3.53. The molecule has 0 heterocycles. The minimum Gasteiger partial charge on any atom is -0.493 e. The van der Waals surface area contributed by atoms with Crippen molar-refractivity contribution >= 4 is 11.6 Å². The van der Waals surface area contributed by atoms with Gasteiger partial charge in [-0.2, -0.15) is 0 Å². The molecule has 0 spiro atoms. The van der Waals surface area contributed by atoms with Crippen molar-refractivity contribution in [3.05, 3.63) is 29.3 Å². The maximum absolute atomic E-state index is 5.73. The molecule has 0 amide bonds. The standard InChI is InChI=1S/C13H17ClO/c1-10(8-14)9-15-13-6-5-11-3-2-4-12(11)7-13/h5-7,10H,2-4,8-9H2,1H3. The summed E-state index contributed by atoms with van der Waals surface area (Å²) in [4.78, 5) is 0. The monoisotopic (exact) mass is 224 g/mol. The Morgan fingerprint density at radius 2 is 2.13 bits per heavy atom. The molecule has 0 saturated heterocycles. The third kappa shape index (κ3) is 2.66. The lowest BCUT2D eigenvalue weighted by molar-refractivity contribution is 0.272. The van der Waals surface area contributed by atoms with Crippen molar-refractivity contribution < 1.29 is 4.74 Å². The van der Waals surface area contributed by atoms with Crippen molar-refractivity contribution in [2.75, 3.05) is 12.5 Å². The van der Waals surface area contributed by atoms with E-state index < -0.39 is 0 Å². The summed E-state index contributed by atoms with van der Waals surface area (Å²) in [5.74, 6) is 2.07. The average Bonchev–Trinajstić information content (AvgIpc) is 2.72. The molecule has 1 aliphatic rings. The zero-order chi connectivity index (χ0) is 10.7. The summed E-state index contributed by atoms with van der Waals surface area (Å²) in [7, 11) is 0. The largest absolute Gasteiger partial charge is 0.493 e. The maximum atomic E-state index is 5.73. The van der Waals surface area contributed by atoms with E-state index >= 15 is 0 Å². The second-order valence-electron chi connectivity index (χ2n) is 4.35. The Labute approximate surface area is 96.4 Å². The zero-order valence-electron chi connectivity index (χ0n) is 9.13. The van der Waals surface area contributed by atoms with Gasteiger partial charge in [0, 0.05) is 11.8 Å². The Balaban J connectivity index is 1.98. The van der Waals surface area contributed by atoms with E-state index in [1.54, 1.807) is 0 Å². The predicted molar refractivity (Wildman–Crippen MR) is 63.8 cm³/mol. The Hall–Kier alpha value is -0.690. The van der Waals surface area contributed by atoms with Gasteiger partial charge in [0.05, 0.1) is 6.61 Å². The lowest BCUT2D eigenvalue weighted by Crippen LogP contribution is -2.09. The van der Waals surface area contributed by atoms with Crippen LogP contribution >= 0.6 is 11.6 Å². The van der Waals surface area contributed by atoms with Crippen LogP contribution in [0.5, 0.6) is 5.75 Å². The van der Waals surface area contributed by atoms with E-state index in [1.807, 2.05) is 0 Å². The topological polar surface area (TPSA) is 9.23 Å². The number of benzene rings is 1. The highest BCUT2D eigenvalue weighted by Crippen LogP contribution is 2.26. The van der Waals surface area contributed by atoms with Crippen molar-refractivity contribution in [2.45, 2.75) is 26.2 Å². The van der Waals surface area contributed by atoms with Gasteiger partial charge in [-0.3, -0.25) is 0 Å². The predicted octanol–water partition coefficient (Wildman–Crippen LogP) is 3.43. The van der Waals surface area contributed by atoms with Crippen LogP contribution in [-0.4, -0.2) is 12.5 Å². The molecule has 0 fully saturated rings. The van der Waals surface area contributed by atoms with Crippen LogP contribution in [0.4, 0.5) is 0 Å². The fourth-order valence-corrected chi connectivity index (χ4v) is 2.01. The first kappa shape index (κ1) is 10.8. The quantitative estimate of drug-likeness (QED) is 0.712. The second kappa shape index (κ2) is 4.89. The van der Waals surface area contributed by atoms with Gasteiger partial charge in [0.15, 0.2) is 0 Å². The number of hydrogen-bond acceptors (Lipinski definition) is 1.